The fourth-order valence-corrected chi connectivity index (χ4v) is 3.53. The third-order valence-corrected chi connectivity index (χ3v) is 5.50. The normalized spacial score (nSPS) is 10.9. The lowest BCUT2D eigenvalue weighted by atomic mass is 10.1. The highest BCUT2D eigenvalue weighted by Crippen LogP contribution is 2.24. The fraction of sp³-hybridized carbons (Fsp3) is 0.167. The molecular formula is C24H23ClN2O2S. The summed E-state index contributed by atoms with van der Waals surface area (Å²) in [6, 6.07) is 22.9. The Morgan fingerprint density at radius 1 is 1.03 bits per heavy atom. The second kappa shape index (κ2) is 11.4. The first-order valence-corrected chi connectivity index (χ1v) is 11.0. The Morgan fingerprint density at radius 2 is 1.73 bits per heavy atom. The highest BCUT2D eigenvalue weighted by Gasteiger charge is 2.04. The van der Waals surface area contributed by atoms with E-state index in [1.165, 1.54) is 0 Å². The van der Waals surface area contributed by atoms with E-state index >= 15 is 0 Å². The van der Waals surface area contributed by atoms with Crippen molar-refractivity contribution in [2.75, 3.05) is 6.61 Å². The standard InChI is InChI=1S/C24H23ClN2O2S/c1-2-15-29-22-11-5-18(6-12-22)16-26-27-24(28)20-7-3-19(4-8-20)17-30-23-13-9-21(25)10-14-23/h3-14,16H,2,15,17H2,1H3,(H,27,28)/b26-16-. The SMILES string of the molecule is CCCOc1ccc(/C=N\NC(=O)c2ccc(CSc3ccc(Cl)cc3)cc2)cc1. The minimum atomic E-state index is -0.244. The van der Waals surface area contributed by atoms with Crippen molar-refractivity contribution in [2.45, 2.75) is 24.0 Å². The highest BCUT2D eigenvalue weighted by atomic mass is 35.5. The molecule has 0 aliphatic rings. The van der Waals surface area contributed by atoms with Crippen LogP contribution in [0.3, 0.4) is 0 Å². The maximum Gasteiger partial charge on any atom is 0.271 e. The van der Waals surface area contributed by atoms with Gasteiger partial charge in [-0.25, -0.2) is 5.43 Å². The van der Waals surface area contributed by atoms with Crippen LogP contribution < -0.4 is 10.2 Å². The summed E-state index contributed by atoms with van der Waals surface area (Å²) in [7, 11) is 0. The molecule has 1 N–H and O–H groups in total. The summed E-state index contributed by atoms with van der Waals surface area (Å²) in [6.07, 6.45) is 2.58. The predicted octanol–water partition coefficient (Wildman–Crippen LogP) is 6.19. The first-order chi connectivity index (χ1) is 14.6. The van der Waals surface area contributed by atoms with Crippen LogP contribution in [0.4, 0.5) is 0 Å². The van der Waals surface area contributed by atoms with Crippen LogP contribution in [-0.2, 0) is 5.75 Å². The number of hydrogen-bond acceptors (Lipinski definition) is 4. The number of hydrogen-bond donors (Lipinski definition) is 1. The van der Waals surface area contributed by atoms with Gasteiger partial charge >= 0.3 is 0 Å². The van der Waals surface area contributed by atoms with Crippen molar-refractivity contribution in [3.63, 3.8) is 0 Å². The van der Waals surface area contributed by atoms with Crippen LogP contribution in [0, 0.1) is 0 Å². The number of halogens is 1. The topological polar surface area (TPSA) is 50.7 Å². The maximum absolute atomic E-state index is 12.3. The largest absolute Gasteiger partial charge is 0.494 e. The second-order valence-electron chi connectivity index (χ2n) is 6.56. The Bertz CT molecular complexity index is 972. The molecule has 0 radical (unpaired) electrons. The van der Waals surface area contributed by atoms with Gasteiger partial charge < -0.3 is 4.74 Å². The molecule has 0 aliphatic heterocycles. The molecule has 0 saturated carbocycles. The Balaban J connectivity index is 1.48. The van der Waals surface area contributed by atoms with Gasteiger partial charge in [0.1, 0.15) is 5.75 Å². The van der Waals surface area contributed by atoms with Crippen molar-refractivity contribution in [3.8, 4) is 5.75 Å². The van der Waals surface area contributed by atoms with Gasteiger partial charge in [-0.3, -0.25) is 4.79 Å². The lowest BCUT2D eigenvalue weighted by Gasteiger charge is -2.05. The number of carbonyl (C=O) groups is 1. The lowest BCUT2D eigenvalue weighted by molar-refractivity contribution is 0.0955. The first-order valence-electron chi connectivity index (χ1n) is 9.67. The molecule has 0 atom stereocenters. The van der Waals surface area contributed by atoms with Gasteiger partial charge in [0.15, 0.2) is 0 Å². The van der Waals surface area contributed by atoms with Crippen LogP contribution in [-0.4, -0.2) is 18.7 Å². The number of thioether (sulfide) groups is 1. The number of amides is 1. The maximum atomic E-state index is 12.3. The summed E-state index contributed by atoms with van der Waals surface area (Å²) < 4.78 is 5.55. The molecule has 6 heteroatoms. The molecule has 4 nitrogen and oxygen atoms in total. The van der Waals surface area contributed by atoms with E-state index in [1.54, 1.807) is 18.0 Å². The molecule has 1 amide bonds. The number of rotatable bonds is 9. The second-order valence-corrected chi connectivity index (χ2v) is 8.04. The van der Waals surface area contributed by atoms with E-state index in [9.17, 15) is 4.79 Å². The molecule has 0 aliphatic carbocycles. The average molecular weight is 439 g/mol. The van der Waals surface area contributed by atoms with Crippen LogP contribution in [0.15, 0.2) is 82.8 Å². The van der Waals surface area contributed by atoms with Crippen molar-refractivity contribution >= 4 is 35.5 Å². The van der Waals surface area contributed by atoms with Gasteiger partial charge in [-0.1, -0.05) is 30.7 Å². The van der Waals surface area contributed by atoms with Crippen molar-refractivity contribution in [3.05, 3.63) is 94.5 Å². The molecule has 0 fully saturated rings. The van der Waals surface area contributed by atoms with Gasteiger partial charge in [0.25, 0.3) is 5.91 Å². The number of nitrogens with zero attached hydrogens (tertiary/aromatic N) is 1. The van der Waals surface area contributed by atoms with E-state index in [-0.39, 0.29) is 5.91 Å². The summed E-state index contributed by atoms with van der Waals surface area (Å²) in [5.74, 6) is 1.40. The van der Waals surface area contributed by atoms with Crippen molar-refractivity contribution in [2.24, 2.45) is 5.10 Å². The molecule has 3 aromatic carbocycles. The lowest BCUT2D eigenvalue weighted by Crippen LogP contribution is -2.17. The molecule has 0 aromatic heterocycles. The molecule has 154 valence electrons. The molecule has 0 bridgehead atoms. The zero-order valence-corrected chi connectivity index (χ0v) is 18.2. The molecule has 0 spiro atoms. The monoisotopic (exact) mass is 438 g/mol. The predicted molar refractivity (Wildman–Crippen MR) is 125 cm³/mol. The van der Waals surface area contributed by atoms with E-state index in [1.807, 2.05) is 72.8 Å². The molecule has 0 unspecified atom stereocenters. The zero-order chi connectivity index (χ0) is 21.2. The van der Waals surface area contributed by atoms with Gasteiger partial charge in [0.05, 0.1) is 12.8 Å². The average Bonchev–Trinajstić information content (AvgIpc) is 2.78. The minimum absolute atomic E-state index is 0.244. The minimum Gasteiger partial charge on any atom is -0.494 e. The van der Waals surface area contributed by atoms with Crippen LogP contribution in [0.25, 0.3) is 0 Å². The Hall–Kier alpha value is -2.76. The van der Waals surface area contributed by atoms with Crippen LogP contribution in [0.2, 0.25) is 5.02 Å². The molecular weight excluding hydrogens is 416 g/mol. The quantitative estimate of drug-likeness (QED) is 0.246. The van der Waals surface area contributed by atoms with Gasteiger partial charge in [0.2, 0.25) is 0 Å². The number of nitrogens with one attached hydrogen (secondary N) is 1. The van der Waals surface area contributed by atoms with Crippen LogP contribution in [0.5, 0.6) is 5.75 Å². The third kappa shape index (κ3) is 6.94. The van der Waals surface area contributed by atoms with E-state index in [0.29, 0.717) is 12.2 Å². The molecule has 3 aromatic rings. The van der Waals surface area contributed by atoms with Gasteiger partial charge in [0, 0.05) is 21.2 Å². The summed E-state index contributed by atoms with van der Waals surface area (Å²) in [4.78, 5) is 13.4. The van der Waals surface area contributed by atoms with Crippen molar-refractivity contribution in [1.82, 2.24) is 5.43 Å². The molecule has 3 rings (SSSR count). The van der Waals surface area contributed by atoms with Crippen molar-refractivity contribution in [1.29, 1.82) is 0 Å². The third-order valence-electron chi connectivity index (χ3n) is 4.17. The molecule has 0 heterocycles. The van der Waals surface area contributed by atoms with E-state index < -0.39 is 0 Å². The summed E-state index contributed by atoms with van der Waals surface area (Å²) in [6.45, 7) is 2.76. The van der Waals surface area contributed by atoms with Crippen LogP contribution >= 0.6 is 23.4 Å². The summed E-state index contributed by atoms with van der Waals surface area (Å²) in [5.41, 5.74) is 5.15. The van der Waals surface area contributed by atoms with E-state index in [0.717, 1.165) is 39.0 Å². The smallest absolute Gasteiger partial charge is 0.271 e. The zero-order valence-electron chi connectivity index (χ0n) is 16.7. The Kier molecular flexibility index (Phi) is 8.36. The number of benzene rings is 3. The Labute approximate surface area is 186 Å². The van der Waals surface area contributed by atoms with Crippen LogP contribution in [0.1, 0.15) is 34.8 Å². The van der Waals surface area contributed by atoms with Gasteiger partial charge in [-0.15, -0.1) is 11.8 Å². The van der Waals surface area contributed by atoms with E-state index in [4.69, 9.17) is 16.3 Å². The van der Waals surface area contributed by atoms with E-state index in [2.05, 4.69) is 17.5 Å². The highest BCUT2D eigenvalue weighted by molar-refractivity contribution is 7.98. The van der Waals surface area contributed by atoms with Gasteiger partial charge in [-0.2, -0.15) is 5.10 Å². The first kappa shape index (κ1) is 21.9. The molecule has 0 saturated heterocycles. The summed E-state index contributed by atoms with van der Waals surface area (Å²) in [5, 5.41) is 4.77. The molecule has 30 heavy (non-hydrogen) atoms. The van der Waals surface area contributed by atoms with Crippen molar-refractivity contribution < 1.29 is 9.53 Å². The number of ether oxygens (including phenoxy) is 1. The fourth-order valence-electron chi connectivity index (χ4n) is 2.55. The number of hydrazone groups is 1. The number of carbonyl (C=O) groups excluding carboxylic acids is 1. The van der Waals surface area contributed by atoms with Gasteiger partial charge in [-0.05, 0) is 78.2 Å². The summed E-state index contributed by atoms with van der Waals surface area (Å²) >= 11 is 7.63. The Morgan fingerprint density at radius 3 is 2.40 bits per heavy atom.